The lowest BCUT2D eigenvalue weighted by molar-refractivity contribution is 0.596. The Labute approximate surface area is 153 Å². The predicted molar refractivity (Wildman–Crippen MR) is 111 cm³/mol. The molecule has 1 nitrogen and oxygen atoms in total. The fraction of sp³-hybridized carbons (Fsp3) is 0.261. The Morgan fingerprint density at radius 1 is 0.880 bits per heavy atom. The van der Waals surface area contributed by atoms with E-state index in [-0.39, 0.29) is 5.41 Å². The second-order valence-corrected chi connectivity index (χ2v) is 9.03. The van der Waals surface area contributed by atoms with Crippen molar-refractivity contribution < 1.29 is 0 Å². The molecule has 0 amide bonds. The van der Waals surface area contributed by atoms with E-state index in [1.165, 1.54) is 37.7 Å². The molecule has 0 aliphatic rings. The highest BCUT2D eigenvalue weighted by Gasteiger charge is 2.18. The van der Waals surface area contributed by atoms with Crippen LogP contribution in [-0.4, -0.2) is 4.98 Å². The van der Waals surface area contributed by atoms with Crippen LogP contribution in [0.2, 0.25) is 0 Å². The molecule has 2 aromatic heterocycles. The summed E-state index contributed by atoms with van der Waals surface area (Å²) >= 11 is 1.79. The quantitative estimate of drug-likeness (QED) is 0.361. The first-order valence-corrected chi connectivity index (χ1v) is 9.56. The maximum atomic E-state index is 4.98. The second-order valence-electron chi connectivity index (χ2n) is 7.83. The molecule has 126 valence electrons. The van der Waals surface area contributed by atoms with E-state index in [1.54, 1.807) is 11.3 Å². The predicted octanol–water partition coefficient (Wildman–Crippen LogP) is 7.03. The van der Waals surface area contributed by atoms with Crippen LogP contribution >= 0.6 is 11.3 Å². The van der Waals surface area contributed by atoms with Gasteiger partial charge in [-0.15, -0.1) is 11.3 Å². The molecule has 2 heteroatoms. The SMILES string of the molecule is Cc1sc2nc(-c3cc(C(C)(C)C)c4ccccc4c3)ccc2c1C. The summed E-state index contributed by atoms with van der Waals surface area (Å²) in [6.45, 7) is 11.2. The molecule has 0 fully saturated rings. The number of aromatic nitrogens is 1. The molecule has 2 heterocycles. The fourth-order valence-corrected chi connectivity index (χ4v) is 4.48. The molecule has 0 spiro atoms. The summed E-state index contributed by atoms with van der Waals surface area (Å²) in [6.07, 6.45) is 0. The van der Waals surface area contributed by atoms with E-state index >= 15 is 0 Å². The minimum Gasteiger partial charge on any atom is -0.237 e. The molecule has 4 aromatic rings. The lowest BCUT2D eigenvalue weighted by Gasteiger charge is -2.22. The van der Waals surface area contributed by atoms with E-state index in [0.717, 1.165) is 10.5 Å². The van der Waals surface area contributed by atoms with Gasteiger partial charge in [-0.05, 0) is 65.4 Å². The largest absolute Gasteiger partial charge is 0.237 e. The number of fused-ring (bicyclic) bond motifs is 2. The van der Waals surface area contributed by atoms with Crippen molar-refractivity contribution in [2.24, 2.45) is 0 Å². The highest BCUT2D eigenvalue weighted by atomic mass is 32.1. The summed E-state index contributed by atoms with van der Waals surface area (Å²) < 4.78 is 0. The molecule has 0 aliphatic heterocycles. The molecule has 0 atom stereocenters. The van der Waals surface area contributed by atoms with Crippen LogP contribution in [0.1, 0.15) is 36.8 Å². The molecule has 0 radical (unpaired) electrons. The molecule has 0 aliphatic carbocycles. The van der Waals surface area contributed by atoms with Gasteiger partial charge in [-0.2, -0.15) is 0 Å². The van der Waals surface area contributed by atoms with Gasteiger partial charge in [0.2, 0.25) is 0 Å². The van der Waals surface area contributed by atoms with Crippen molar-refractivity contribution in [3.05, 3.63) is 64.5 Å². The first-order valence-electron chi connectivity index (χ1n) is 8.75. The van der Waals surface area contributed by atoms with Gasteiger partial charge in [-0.3, -0.25) is 0 Å². The van der Waals surface area contributed by atoms with Crippen molar-refractivity contribution in [2.45, 2.75) is 40.0 Å². The van der Waals surface area contributed by atoms with Crippen LogP contribution in [0.5, 0.6) is 0 Å². The summed E-state index contributed by atoms with van der Waals surface area (Å²) in [5, 5.41) is 3.90. The van der Waals surface area contributed by atoms with E-state index in [9.17, 15) is 0 Å². The van der Waals surface area contributed by atoms with Gasteiger partial charge in [0.25, 0.3) is 0 Å². The van der Waals surface area contributed by atoms with Crippen LogP contribution < -0.4 is 0 Å². The average Bonchev–Trinajstić information content (AvgIpc) is 2.87. The lowest BCUT2D eigenvalue weighted by atomic mass is 9.82. The highest BCUT2D eigenvalue weighted by molar-refractivity contribution is 7.18. The van der Waals surface area contributed by atoms with Crippen molar-refractivity contribution in [2.75, 3.05) is 0 Å². The van der Waals surface area contributed by atoms with Gasteiger partial charge >= 0.3 is 0 Å². The van der Waals surface area contributed by atoms with Gasteiger partial charge in [0, 0.05) is 15.8 Å². The van der Waals surface area contributed by atoms with Gasteiger partial charge in [0.15, 0.2) is 0 Å². The van der Waals surface area contributed by atoms with Gasteiger partial charge < -0.3 is 0 Å². The van der Waals surface area contributed by atoms with Crippen molar-refractivity contribution in [3.63, 3.8) is 0 Å². The van der Waals surface area contributed by atoms with Crippen molar-refractivity contribution >= 4 is 32.3 Å². The van der Waals surface area contributed by atoms with Gasteiger partial charge in [-0.25, -0.2) is 4.98 Å². The number of nitrogens with zero attached hydrogens (tertiary/aromatic N) is 1. The topological polar surface area (TPSA) is 12.9 Å². The molecule has 4 rings (SSSR count). The maximum Gasteiger partial charge on any atom is 0.124 e. The van der Waals surface area contributed by atoms with E-state index in [1.807, 2.05) is 0 Å². The fourth-order valence-electron chi connectivity index (χ4n) is 3.45. The third kappa shape index (κ3) is 2.75. The molecule has 0 N–H and O–H groups in total. The molecule has 2 aromatic carbocycles. The van der Waals surface area contributed by atoms with E-state index in [4.69, 9.17) is 4.98 Å². The minimum absolute atomic E-state index is 0.0931. The molecular weight excluding hydrogens is 322 g/mol. The van der Waals surface area contributed by atoms with Crippen molar-refractivity contribution in [1.82, 2.24) is 4.98 Å². The number of pyridine rings is 1. The summed E-state index contributed by atoms with van der Waals surface area (Å²) in [5.74, 6) is 0. The minimum atomic E-state index is 0.0931. The molecule has 0 bridgehead atoms. The lowest BCUT2D eigenvalue weighted by Crippen LogP contribution is -2.12. The van der Waals surface area contributed by atoms with Crippen LogP contribution in [-0.2, 0) is 5.41 Å². The number of hydrogen-bond donors (Lipinski definition) is 0. The number of rotatable bonds is 1. The molecular formula is C23H23NS. The maximum absolute atomic E-state index is 4.98. The summed E-state index contributed by atoms with van der Waals surface area (Å²) in [4.78, 5) is 7.47. The normalized spacial score (nSPS) is 12.2. The monoisotopic (exact) mass is 345 g/mol. The number of thiophene rings is 1. The van der Waals surface area contributed by atoms with E-state index < -0.39 is 0 Å². The second kappa shape index (κ2) is 5.67. The van der Waals surface area contributed by atoms with E-state index in [2.05, 4.69) is 83.1 Å². The van der Waals surface area contributed by atoms with Crippen LogP contribution in [0.4, 0.5) is 0 Å². The smallest absolute Gasteiger partial charge is 0.124 e. The zero-order valence-electron chi connectivity index (χ0n) is 15.5. The van der Waals surface area contributed by atoms with Gasteiger partial charge in [-0.1, -0.05) is 45.0 Å². The number of benzene rings is 2. The third-order valence-electron chi connectivity index (χ3n) is 5.01. The standard InChI is InChI=1S/C23H23NS/c1-14-15(2)25-22-18(14)10-11-21(24-22)17-12-16-8-6-7-9-19(16)20(13-17)23(3,4)5/h6-13H,1-5H3. The van der Waals surface area contributed by atoms with Crippen LogP contribution in [0.15, 0.2) is 48.5 Å². The zero-order valence-corrected chi connectivity index (χ0v) is 16.3. The Balaban J connectivity index is 1.98. The molecule has 0 saturated carbocycles. The Morgan fingerprint density at radius 3 is 2.40 bits per heavy atom. The van der Waals surface area contributed by atoms with Crippen LogP contribution in [0.3, 0.4) is 0 Å². The first kappa shape index (κ1) is 16.3. The average molecular weight is 346 g/mol. The van der Waals surface area contributed by atoms with Crippen molar-refractivity contribution in [1.29, 1.82) is 0 Å². The first-order chi connectivity index (χ1) is 11.8. The van der Waals surface area contributed by atoms with Crippen molar-refractivity contribution in [3.8, 4) is 11.3 Å². The summed E-state index contributed by atoms with van der Waals surface area (Å²) in [6, 6.07) is 17.6. The Bertz CT molecular complexity index is 1100. The summed E-state index contributed by atoms with van der Waals surface area (Å²) in [5.41, 5.74) is 5.09. The Hall–Kier alpha value is -2.19. The molecule has 25 heavy (non-hydrogen) atoms. The molecule has 0 saturated heterocycles. The third-order valence-corrected chi connectivity index (χ3v) is 6.12. The zero-order chi connectivity index (χ0) is 17.8. The highest BCUT2D eigenvalue weighted by Crippen LogP contribution is 2.36. The number of hydrogen-bond acceptors (Lipinski definition) is 2. The Morgan fingerprint density at radius 2 is 1.64 bits per heavy atom. The summed E-state index contributed by atoms with van der Waals surface area (Å²) in [7, 11) is 0. The number of aryl methyl sites for hydroxylation is 2. The van der Waals surface area contributed by atoms with Gasteiger partial charge in [0.1, 0.15) is 4.83 Å². The molecule has 0 unspecified atom stereocenters. The Kier molecular flexibility index (Phi) is 3.69. The van der Waals surface area contributed by atoms with E-state index in [0.29, 0.717) is 0 Å². The van der Waals surface area contributed by atoms with Gasteiger partial charge in [0.05, 0.1) is 5.69 Å². The van der Waals surface area contributed by atoms with Crippen LogP contribution in [0, 0.1) is 13.8 Å². The van der Waals surface area contributed by atoms with Crippen LogP contribution in [0.25, 0.3) is 32.2 Å².